The Morgan fingerprint density at radius 2 is 1.05 bits per heavy atom. The summed E-state index contributed by atoms with van der Waals surface area (Å²) in [6.45, 7) is 4.69. The molecule has 0 spiro atoms. The number of para-hydroxylation sites is 4. The standard InChI is InChI=1S/C59H39N3O/c1-59(2)49-28-9-6-21-46(49)54-40(23-15-29-50(54)59)37-18-12-19-38(34-37)41-24-13-26-44-48-35-39(42-25-14-27-45-43-20-8-11-31-53(43)63-57(42)45)32-33-52(48)62(56(41)44)58-60-51-30-10-7-22-47(51)55(61-58)36-16-4-3-5-17-36/h3-35H,1-2H3. The van der Waals surface area contributed by atoms with E-state index in [-0.39, 0.29) is 5.41 Å². The molecule has 0 atom stereocenters. The van der Waals surface area contributed by atoms with E-state index < -0.39 is 0 Å². The molecule has 0 radical (unpaired) electrons. The molecule has 0 bridgehead atoms. The lowest BCUT2D eigenvalue weighted by Crippen LogP contribution is -2.14. The Bertz CT molecular complexity index is 3830. The van der Waals surface area contributed by atoms with E-state index in [0.29, 0.717) is 5.95 Å². The number of benzene rings is 9. The number of fused-ring (bicyclic) bond motifs is 10. The van der Waals surface area contributed by atoms with Crippen LogP contribution in [0.4, 0.5) is 0 Å². The summed E-state index contributed by atoms with van der Waals surface area (Å²) in [7, 11) is 0. The van der Waals surface area contributed by atoms with E-state index in [2.05, 4.69) is 200 Å². The molecule has 4 nitrogen and oxygen atoms in total. The molecular weight excluding hydrogens is 767 g/mol. The Hall–Kier alpha value is -8.08. The molecule has 3 aromatic heterocycles. The first kappa shape index (κ1) is 35.7. The summed E-state index contributed by atoms with van der Waals surface area (Å²) in [5.41, 5.74) is 18.8. The Kier molecular flexibility index (Phi) is 7.62. The predicted octanol–water partition coefficient (Wildman–Crippen LogP) is 15.6. The number of hydrogen-bond donors (Lipinski definition) is 0. The summed E-state index contributed by atoms with van der Waals surface area (Å²) in [5, 5.41) is 5.49. The van der Waals surface area contributed by atoms with Crippen LogP contribution in [0.5, 0.6) is 0 Å². The lowest BCUT2D eigenvalue weighted by molar-refractivity contribution is 0.660. The number of furan rings is 1. The summed E-state index contributed by atoms with van der Waals surface area (Å²) in [6.07, 6.45) is 0. The van der Waals surface area contributed by atoms with Crippen LogP contribution in [0.2, 0.25) is 0 Å². The molecule has 12 aromatic rings. The molecule has 0 N–H and O–H groups in total. The van der Waals surface area contributed by atoms with Gasteiger partial charge in [-0.3, -0.25) is 4.57 Å². The first-order chi connectivity index (χ1) is 31.0. The highest BCUT2D eigenvalue weighted by Gasteiger charge is 2.36. The van der Waals surface area contributed by atoms with Crippen molar-refractivity contribution < 1.29 is 4.42 Å². The highest BCUT2D eigenvalue weighted by atomic mass is 16.3. The normalized spacial score (nSPS) is 13.0. The maximum atomic E-state index is 6.57. The van der Waals surface area contributed by atoms with Gasteiger partial charge < -0.3 is 4.42 Å². The van der Waals surface area contributed by atoms with E-state index in [1.165, 1.54) is 33.4 Å². The average molecular weight is 806 g/mol. The minimum atomic E-state index is -0.0840. The summed E-state index contributed by atoms with van der Waals surface area (Å²) in [5.74, 6) is 0.628. The van der Waals surface area contributed by atoms with Gasteiger partial charge in [-0.1, -0.05) is 184 Å². The molecule has 1 aliphatic rings. The van der Waals surface area contributed by atoms with Gasteiger partial charge in [0.05, 0.1) is 22.2 Å². The van der Waals surface area contributed by atoms with Crippen molar-refractivity contribution in [3.8, 4) is 61.7 Å². The van der Waals surface area contributed by atoms with Gasteiger partial charge in [-0.05, 0) is 74.8 Å². The fourth-order valence-corrected chi connectivity index (χ4v) is 10.5. The van der Waals surface area contributed by atoms with Crippen LogP contribution in [0.1, 0.15) is 25.0 Å². The van der Waals surface area contributed by atoms with Crippen molar-refractivity contribution in [2.24, 2.45) is 0 Å². The SMILES string of the molecule is CC1(C)c2ccccc2-c2c(-c3cccc(-c4cccc5c6cc(-c7cccc8c7oc7ccccc78)ccc6n(-c6nc(-c7ccccc7)c7ccccc7n6)c45)c3)cccc21. The lowest BCUT2D eigenvalue weighted by atomic mass is 9.82. The molecule has 3 heterocycles. The van der Waals surface area contributed by atoms with Gasteiger partial charge in [0.1, 0.15) is 11.2 Å². The molecule has 1 aliphatic carbocycles. The number of nitrogens with zero attached hydrogens (tertiary/aromatic N) is 3. The number of aromatic nitrogens is 3. The minimum absolute atomic E-state index is 0.0840. The molecule has 4 heteroatoms. The van der Waals surface area contributed by atoms with Crippen molar-refractivity contribution in [3.63, 3.8) is 0 Å². The van der Waals surface area contributed by atoms with Crippen LogP contribution >= 0.6 is 0 Å². The van der Waals surface area contributed by atoms with E-state index in [9.17, 15) is 0 Å². The monoisotopic (exact) mass is 805 g/mol. The molecule has 13 rings (SSSR count). The van der Waals surface area contributed by atoms with E-state index in [1.54, 1.807) is 0 Å². The van der Waals surface area contributed by atoms with Crippen molar-refractivity contribution in [1.82, 2.24) is 14.5 Å². The third kappa shape index (κ3) is 5.28. The molecule has 0 saturated carbocycles. The first-order valence-corrected chi connectivity index (χ1v) is 21.7. The second kappa shape index (κ2) is 13.5. The van der Waals surface area contributed by atoms with Gasteiger partial charge in [0, 0.05) is 49.0 Å². The van der Waals surface area contributed by atoms with Crippen LogP contribution < -0.4 is 0 Å². The first-order valence-electron chi connectivity index (χ1n) is 21.7. The molecule has 0 saturated heterocycles. The van der Waals surface area contributed by atoms with Gasteiger partial charge in [0.15, 0.2) is 0 Å². The van der Waals surface area contributed by atoms with Crippen LogP contribution in [0, 0.1) is 0 Å². The molecular formula is C59H39N3O. The Balaban J connectivity index is 1.08. The van der Waals surface area contributed by atoms with Crippen LogP contribution in [-0.4, -0.2) is 14.5 Å². The van der Waals surface area contributed by atoms with Crippen LogP contribution in [0.3, 0.4) is 0 Å². The van der Waals surface area contributed by atoms with E-state index in [0.717, 1.165) is 88.2 Å². The maximum absolute atomic E-state index is 6.57. The predicted molar refractivity (Wildman–Crippen MR) is 260 cm³/mol. The molecule has 9 aromatic carbocycles. The molecule has 63 heavy (non-hydrogen) atoms. The highest BCUT2D eigenvalue weighted by molar-refractivity contribution is 6.16. The van der Waals surface area contributed by atoms with Crippen LogP contribution in [0.25, 0.3) is 116 Å². The topological polar surface area (TPSA) is 43.9 Å². The molecule has 0 aliphatic heterocycles. The van der Waals surface area contributed by atoms with E-state index in [4.69, 9.17) is 14.4 Å². The zero-order valence-corrected chi connectivity index (χ0v) is 34.8. The summed E-state index contributed by atoms with van der Waals surface area (Å²) in [4.78, 5) is 10.8. The Labute approximate surface area is 364 Å². The van der Waals surface area contributed by atoms with E-state index in [1.807, 2.05) is 18.2 Å². The third-order valence-corrected chi connectivity index (χ3v) is 13.4. The van der Waals surface area contributed by atoms with Gasteiger partial charge in [-0.25, -0.2) is 9.97 Å². The van der Waals surface area contributed by atoms with Crippen molar-refractivity contribution in [2.75, 3.05) is 0 Å². The molecule has 0 fully saturated rings. The number of hydrogen-bond acceptors (Lipinski definition) is 3. The maximum Gasteiger partial charge on any atom is 0.235 e. The van der Waals surface area contributed by atoms with Crippen LogP contribution in [0.15, 0.2) is 205 Å². The lowest BCUT2D eigenvalue weighted by Gasteiger charge is -2.21. The smallest absolute Gasteiger partial charge is 0.235 e. The fourth-order valence-electron chi connectivity index (χ4n) is 10.5. The largest absolute Gasteiger partial charge is 0.455 e. The second-order valence-electron chi connectivity index (χ2n) is 17.3. The molecule has 296 valence electrons. The van der Waals surface area contributed by atoms with Gasteiger partial charge in [-0.15, -0.1) is 0 Å². The van der Waals surface area contributed by atoms with Gasteiger partial charge in [-0.2, -0.15) is 0 Å². The zero-order valence-electron chi connectivity index (χ0n) is 34.8. The van der Waals surface area contributed by atoms with Gasteiger partial charge in [0.25, 0.3) is 0 Å². The number of rotatable bonds is 5. The quantitative estimate of drug-likeness (QED) is 0.174. The zero-order chi connectivity index (χ0) is 41.8. The fraction of sp³-hybridized carbons (Fsp3) is 0.0508. The summed E-state index contributed by atoms with van der Waals surface area (Å²) >= 11 is 0. The third-order valence-electron chi connectivity index (χ3n) is 13.4. The van der Waals surface area contributed by atoms with Gasteiger partial charge >= 0.3 is 0 Å². The average Bonchev–Trinajstić information content (AvgIpc) is 3.97. The van der Waals surface area contributed by atoms with Crippen molar-refractivity contribution in [1.29, 1.82) is 0 Å². The Morgan fingerprint density at radius 1 is 0.429 bits per heavy atom. The van der Waals surface area contributed by atoms with E-state index >= 15 is 0 Å². The highest BCUT2D eigenvalue weighted by Crippen LogP contribution is 2.52. The van der Waals surface area contributed by atoms with Gasteiger partial charge in [0.2, 0.25) is 5.95 Å². The van der Waals surface area contributed by atoms with Crippen molar-refractivity contribution in [3.05, 3.63) is 211 Å². The minimum Gasteiger partial charge on any atom is -0.455 e. The molecule has 0 unspecified atom stereocenters. The second-order valence-corrected chi connectivity index (χ2v) is 17.3. The summed E-state index contributed by atoms with van der Waals surface area (Å²) in [6, 6.07) is 71.8. The molecule has 0 amide bonds. The van der Waals surface area contributed by atoms with Crippen molar-refractivity contribution >= 4 is 54.6 Å². The van der Waals surface area contributed by atoms with Crippen LogP contribution in [-0.2, 0) is 5.41 Å². The Morgan fingerprint density at radius 3 is 1.94 bits per heavy atom. The summed E-state index contributed by atoms with van der Waals surface area (Å²) < 4.78 is 8.85. The van der Waals surface area contributed by atoms with Crippen molar-refractivity contribution in [2.45, 2.75) is 19.3 Å².